The van der Waals surface area contributed by atoms with Crippen LogP contribution >= 0.6 is 0 Å². The van der Waals surface area contributed by atoms with Crippen LogP contribution in [-0.4, -0.2) is 34.4 Å². The number of phenolic OH excluding ortho intramolecular Hbond substituents is 1. The van der Waals surface area contributed by atoms with Gasteiger partial charge in [-0.2, -0.15) is 0 Å². The van der Waals surface area contributed by atoms with Gasteiger partial charge in [0.05, 0.1) is 13.5 Å². The molecule has 6 heteroatoms. The number of phenols is 1. The summed E-state index contributed by atoms with van der Waals surface area (Å²) in [4.78, 5) is 22.0. The summed E-state index contributed by atoms with van der Waals surface area (Å²) in [5.74, 6) is -2.21. The molecular weight excluding hydrogens is 252 g/mol. The van der Waals surface area contributed by atoms with Crippen LogP contribution in [0.4, 0.5) is 0 Å². The summed E-state index contributed by atoms with van der Waals surface area (Å²) in [6.45, 7) is 0. The van der Waals surface area contributed by atoms with Crippen LogP contribution < -0.4 is 4.74 Å². The molecule has 102 valence electrons. The summed E-state index contributed by atoms with van der Waals surface area (Å²) in [5.41, 5.74) is -0.355. The first-order valence-electron chi connectivity index (χ1n) is 5.76. The lowest BCUT2D eigenvalue weighted by atomic mass is 9.90. The zero-order valence-electron chi connectivity index (χ0n) is 10.3. The number of methoxy groups -OCH3 is 1. The number of hydrogen-bond donors (Lipinski definition) is 3. The summed E-state index contributed by atoms with van der Waals surface area (Å²) in [7, 11) is 1.31. The largest absolute Gasteiger partial charge is 0.508 e. The van der Waals surface area contributed by atoms with Gasteiger partial charge >= 0.3 is 11.9 Å². The molecule has 0 aliphatic heterocycles. The molecule has 1 aromatic carbocycles. The Balaban J connectivity index is 2.50. The lowest BCUT2D eigenvalue weighted by molar-refractivity contribution is -0.137. The van der Waals surface area contributed by atoms with E-state index in [1.54, 1.807) is 0 Å². The maximum Gasteiger partial charge on any atom is 0.339 e. The normalized spacial score (nSPS) is 15.8. The molecule has 1 aromatic rings. The lowest BCUT2D eigenvalue weighted by Gasteiger charge is -2.17. The Morgan fingerprint density at radius 1 is 1.32 bits per heavy atom. The van der Waals surface area contributed by atoms with Crippen molar-refractivity contribution in [2.45, 2.75) is 24.7 Å². The van der Waals surface area contributed by atoms with Crippen LogP contribution in [0, 0.1) is 0 Å². The third-order valence-corrected chi connectivity index (χ3v) is 3.46. The first-order chi connectivity index (χ1) is 8.89. The number of hydrogen-bond acceptors (Lipinski definition) is 4. The second-order valence-corrected chi connectivity index (χ2v) is 4.73. The molecule has 0 spiro atoms. The molecule has 0 unspecified atom stereocenters. The number of ether oxygens (including phenoxy) is 1. The molecule has 1 aliphatic carbocycles. The number of benzene rings is 1. The number of aliphatic carboxylic acids is 1. The fourth-order valence-corrected chi connectivity index (χ4v) is 2.31. The van der Waals surface area contributed by atoms with E-state index in [4.69, 9.17) is 14.9 Å². The van der Waals surface area contributed by atoms with Crippen LogP contribution in [0.15, 0.2) is 12.1 Å². The molecule has 0 saturated heterocycles. The van der Waals surface area contributed by atoms with Crippen molar-refractivity contribution < 1.29 is 29.6 Å². The van der Waals surface area contributed by atoms with Crippen LogP contribution in [0.1, 0.15) is 35.2 Å². The second-order valence-electron chi connectivity index (χ2n) is 4.73. The van der Waals surface area contributed by atoms with Crippen molar-refractivity contribution in [3.63, 3.8) is 0 Å². The number of carbonyl (C=O) groups is 2. The van der Waals surface area contributed by atoms with Gasteiger partial charge in [0.2, 0.25) is 0 Å². The van der Waals surface area contributed by atoms with E-state index < -0.39 is 17.4 Å². The number of aromatic carboxylic acids is 1. The summed E-state index contributed by atoms with van der Waals surface area (Å²) in [6.07, 6.45) is 1.13. The van der Waals surface area contributed by atoms with Crippen molar-refractivity contribution in [2.24, 2.45) is 0 Å². The SMILES string of the molecule is COc1cc(O)c(C2(CC(=O)O)CC2)cc1C(=O)O. The van der Waals surface area contributed by atoms with E-state index in [-0.39, 0.29) is 23.5 Å². The van der Waals surface area contributed by atoms with Gasteiger partial charge in [-0.05, 0) is 18.9 Å². The van der Waals surface area contributed by atoms with Crippen LogP contribution in [0.5, 0.6) is 11.5 Å². The van der Waals surface area contributed by atoms with E-state index in [1.807, 2.05) is 0 Å². The van der Waals surface area contributed by atoms with Crippen molar-refractivity contribution in [2.75, 3.05) is 7.11 Å². The molecule has 0 amide bonds. The van der Waals surface area contributed by atoms with Crippen molar-refractivity contribution in [3.05, 3.63) is 23.3 Å². The highest BCUT2D eigenvalue weighted by Gasteiger charge is 2.48. The Hall–Kier alpha value is -2.24. The highest BCUT2D eigenvalue weighted by molar-refractivity contribution is 5.92. The van der Waals surface area contributed by atoms with E-state index in [2.05, 4.69) is 0 Å². The number of aromatic hydroxyl groups is 1. The van der Waals surface area contributed by atoms with Crippen LogP contribution in [0.25, 0.3) is 0 Å². The Morgan fingerprint density at radius 2 is 1.95 bits per heavy atom. The standard InChI is InChI=1S/C13H14O6/c1-19-10-5-9(14)8(4-7(10)12(17)18)13(2-3-13)6-11(15)16/h4-5,14H,2-3,6H2,1H3,(H,15,16)(H,17,18). The molecule has 3 N–H and O–H groups in total. The number of rotatable bonds is 5. The minimum atomic E-state index is -1.18. The fraction of sp³-hybridized carbons (Fsp3) is 0.385. The van der Waals surface area contributed by atoms with Gasteiger partial charge in [0, 0.05) is 17.0 Å². The lowest BCUT2D eigenvalue weighted by Crippen LogP contribution is -2.14. The van der Waals surface area contributed by atoms with Crippen molar-refractivity contribution >= 4 is 11.9 Å². The van der Waals surface area contributed by atoms with Gasteiger partial charge in [-0.25, -0.2) is 4.79 Å². The Labute approximate surface area is 109 Å². The molecule has 6 nitrogen and oxygen atoms in total. The zero-order valence-corrected chi connectivity index (χ0v) is 10.3. The molecule has 0 atom stereocenters. The Kier molecular flexibility index (Phi) is 3.09. The third kappa shape index (κ3) is 2.33. The van der Waals surface area contributed by atoms with Gasteiger partial charge in [0.25, 0.3) is 0 Å². The van der Waals surface area contributed by atoms with Gasteiger partial charge in [-0.3, -0.25) is 4.79 Å². The minimum Gasteiger partial charge on any atom is -0.508 e. The maximum atomic E-state index is 11.1. The summed E-state index contributed by atoms with van der Waals surface area (Å²) < 4.78 is 4.90. The average molecular weight is 266 g/mol. The molecule has 1 aliphatic rings. The predicted octanol–water partition coefficient (Wildman–Crippen LogP) is 1.61. The first-order valence-corrected chi connectivity index (χ1v) is 5.76. The molecule has 19 heavy (non-hydrogen) atoms. The van der Waals surface area contributed by atoms with Gasteiger partial charge < -0.3 is 20.1 Å². The minimum absolute atomic E-state index is 0.0554. The molecule has 0 aromatic heterocycles. The van der Waals surface area contributed by atoms with Crippen LogP contribution in [0.3, 0.4) is 0 Å². The molecule has 1 saturated carbocycles. The summed E-state index contributed by atoms with van der Waals surface area (Å²) in [5, 5.41) is 28.0. The van der Waals surface area contributed by atoms with Crippen molar-refractivity contribution in [3.8, 4) is 11.5 Å². The van der Waals surface area contributed by atoms with Gasteiger partial charge in [0.1, 0.15) is 17.1 Å². The smallest absolute Gasteiger partial charge is 0.339 e. The maximum absolute atomic E-state index is 11.1. The fourth-order valence-electron chi connectivity index (χ4n) is 2.31. The zero-order chi connectivity index (χ0) is 14.2. The van der Waals surface area contributed by atoms with E-state index in [0.717, 1.165) is 0 Å². The summed E-state index contributed by atoms with van der Waals surface area (Å²) in [6, 6.07) is 2.53. The average Bonchev–Trinajstić information content (AvgIpc) is 3.07. The van der Waals surface area contributed by atoms with Gasteiger partial charge in [-0.1, -0.05) is 0 Å². The predicted molar refractivity (Wildman–Crippen MR) is 64.8 cm³/mol. The molecule has 2 rings (SSSR count). The van der Waals surface area contributed by atoms with Gasteiger partial charge in [0.15, 0.2) is 0 Å². The molecule has 0 heterocycles. The third-order valence-electron chi connectivity index (χ3n) is 3.46. The molecule has 1 fully saturated rings. The first kappa shape index (κ1) is 13.2. The van der Waals surface area contributed by atoms with E-state index in [9.17, 15) is 14.7 Å². The molecular formula is C13H14O6. The molecule has 0 radical (unpaired) electrons. The van der Waals surface area contributed by atoms with Gasteiger partial charge in [-0.15, -0.1) is 0 Å². The Morgan fingerprint density at radius 3 is 2.37 bits per heavy atom. The summed E-state index contributed by atoms with van der Waals surface area (Å²) >= 11 is 0. The number of carboxylic acids is 2. The van der Waals surface area contributed by atoms with Crippen molar-refractivity contribution in [1.29, 1.82) is 0 Å². The highest BCUT2D eigenvalue weighted by Crippen LogP contribution is 2.54. The van der Waals surface area contributed by atoms with Crippen LogP contribution in [-0.2, 0) is 10.2 Å². The van der Waals surface area contributed by atoms with E-state index in [0.29, 0.717) is 18.4 Å². The monoisotopic (exact) mass is 266 g/mol. The topological polar surface area (TPSA) is 104 Å². The van der Waals surface area contributed by atoms with Crippen LogP contribution in [0.2, 0.25) is 0 Å². The number of carboxylic acid groups (broad SMARTS) is 2. The quantitative estimate of drug-likeness (QED) is 0.747. The second kappa shape index (κ2) is 4.46. The van der Waals surface area contributed by atoms with E-state index in [1.165, 1.54) is 19.2 Å². The van der Waals surface area contributed by atoms with E-state index >= 15 is 0 Å². The highest BCUT2D eigenvalue weighted by atomic mass is 16.5. The Bertz CT molecular complexity index is 544. The molecule has 0 bridgehead atoms. The van der Waals surface area contributed by atoms with Crippen molar-refractivity contribution in [1.82, 2.24) is 0 Å².